The average molecular weight is 328 g/mol. The predicted octanol–water partition coefficient (Wildman–Crippen LogP) is 5.52. The fraction of sp³-hybridized carbons (Fsp3) is 0.217. The van der Waals surface area contributed by atoms with Crippen molar-refractivity contribution in [3.63, 3.8) is 0 Å². The second kappa shape index (κ2) is 7.43. The Balaban J connectivity index is 2.09. The first-order valence-corrected chi connectivity index (χ1v) is 8.62. The average Bonchev–Trinajstić information content (AvgIpc) is 2.57. The first kappa shape index (κ1) is 17.1. The molecule has 0 bridgehead atoms. The van der Waals surface area contributed by atoms with E-state index in [4.69, 9.17) is 4.99 Å². The van der Waals surface area contributed by atoms with Crippen molar-refractivity contribution in [2.45, 2.75) is 33.7 Å². The Morgan fingerprint density at radius 2 is 1.60 bits per heavy atom. The summed E-state index contributed by atoms with van der Waals surface area (Å²) < 4.78 is 0. The predicted molar refractivity (Wildman–Crippen MR) is 106 cm³/mol. The molecule has 2 nitrogen and oxygen atoms in total. The third-order valence-electron chi connectivity index (χ3n) is 4.32. The Morgan fingerprint density at radius 1 is 0.840 bits per heavy atom. The van der Waals surface area contributed by atoms with Crippen molar-refractivity contribution in [3.8, 4) is 0 Å². The van der Waals surface area contributed by atoms with Gasteiger partial charge in [0.05, 0.1) is 5.69 Å². The minimum absolute atomic E-state index is 0.0267. The lowest BCUT2D eigenvalue weighted by Crippen LogP contribution is -2.03. The number of pyridine rings is 1. The van der Waals surface area contributed by atoms with Gasteiger partial charge in [0.15, 0.2) is 0 Å². The van der Waals surface area contributed by atoms with Gasteiger partial charge in [-0.3, -0.25) is 9.98 Å². The number of aliphatic imine (C=N–C) groups is 1. The molecule has 0 amide bonds. The highest BCUT2D eigenvalue weighted by Gasteiger charge is 2.15. The quantitative estimate of drug-likeness (QED) is 0.579. The molecule has 3 rings (SSSR count). The van der Waals surface area contributed by atoms with Crippen molar-refractivity contribution < 1.29 is 0 Å². The minimum atomic E-state index is -0.0267. The highest BCUT2D eigenvalue weighted by atomic mass is 14.8. The van der Waals surface area contributed by atoms with E-state index in [0.717, 1.165) is 5.69 Å². The van der Waals surface area contributed by atoms with Gasteiger partial charge in [-0.25, -0.2) is 0 Å². The van der Waals surface area contributed by atoms with Gasteiger partial charge in [0.1, 0.15) is 6.04 Å². The largest absolute Gasteiger partial charge is 0.278 e. The molecule has 2 aromatic carbocycles. The van der Waals surface area contributed by atoms with Crippen LogP contribution in [0.5, 0.6) is 0 Å². The van der Waals surface area contributed by atoms with Crippen LogP contribution in [0.1, 0.15) is 45.1 Å². The normalized spacial score (nSPS) is 12.5. The molecular weight excluding hydrogens is 304 g/mol. The van der Waals surface area contributed by atoms with Gasteiger partial charge >= 0.3 is 0 Å². The van der Waals surface area contributed by atoms with Crippen LogP contribution in [-0.4, -0.2) is 11.2 Å². The van der Waals surface area contributed by atoms with Crippen LogP contribution in [0.2, 0.25) is 0 Å². The Morgan fingerprint density at radius 3 is 2.24 bits per heavy atom. The monoisotopic (exact) mass is 328 g/mol. The van der Waals surface area contributed by atoms with Gasteiger partial charge in [0.25, 0.3) is 0 Å². The third kappa shape index (κ3) is 4.21. The molecule has 0 saturated heterocycles. The molecule has 0 aliphatic carbocycles. The molecule has 25 heavy (non-hydrogen) atoms. The minimum Gasteiger partial charge on any atom is -0.278 e. The van der Waals surface area contributed by atoms with Crippen LogP contribution >= 0.6 is 0 Å². The summed E-state index contributed by atoms with van der Waals surface area (Å²) in [6.45, 7) is 8.56. The Kier molecular flexibility index (Phi) is 5.08. The summed E-state index contributed by atoms with van der Waals surface area (Å²) in [6, 6.07) is 19.1. The SMILES string of the molecule is Cc1cc(C)cc(C(N=Cc2ccccn2)c2ccc(C)cc2C)c1. The molecule has 1 heterocycles. The van der Waals surface area contributed by atoms with Crippen LogP contribution in [0.3, 0.4) is 0 Å². The van der Waals surface area contributed by atoms with E-state index in [-0.39, 0.29) is 6.04 Å². The van der Waals surface area contributed by atoms with E-state index in [1.54, 1.807) is 6.20 Å². The maximum atomic E-state index is 4.92. The molecule has 2 heteroatoms. The molecule has 0 N–H and O–H groups in total. The molecule has 0 radical (unpaired) electrons. The first-order chi connectivity index (χ1) is 12.0. The maximum Gasteiger partial charge on any atom is 0.100 e. The zero-order valence-electron chi connectivity index (χ0n) is 15.3. The summed E-state index contributed by atoms with van der Waals surface area (Å²) in [5.41, 5.74) is 8.40. The first-order valence-electron chi connectivity index (χ1n) is 8.62. The van der Waals surface area contributed by atoms with Crippen molar-refractivity contribution in [1.29, 1.82) is 0 Å². The summed E-state index contributed by atoms with van der Waals surface area (Å²) in [7, 11) is 0. The standard InChI is InChI=1S/C23H24N2/c1-16-8-9-22(19(4)12-16)23(20-13-17(2)11-18(3)14-20)25-15-21-7-5-6-10-24-21/h5-15,23H,1-4H3. The van der Waals surface area contributed by atoms with Crippen LogP contribution in [0.25, 0.3) is 0 Å². The maximum absolute atomic E-state index is 4.92. The number of nitrogens with zero attached hydrogens (tertiary/aromatic N) is 2. The molecule has 3 aromatic rings. The van der Waals surface area contributed by atoms with Crippen molar-refractivity contribution in [2.75, 3.05) is 0 Å². The third-order valence-corrected chi connectivity index (χ3v) is 4.32. The van der Waals surface area contributed by atoms with Crippen LogP contribution in [-0.2, 0) is 0 Å². The van der Waals surface area contributed by atoms with Crippen LogP contribution in [0.4, 0.5) is 0 Å². The lowest BCUT2D eigenvalue weighted by molar-refractivity contribution is 0.863. The summed E-state index contributed by atoms with van der Waals surface area (Å²) in [5, 5.41) is 0. The topological polar surface area (TPSA) is 25.2 Å². The van der Waals surface area contributed by atoms with E-state index in [1.807, 2.05) is 24.4 Å². The van der Waals surface area contributed by atoms with Crippen molar-refractivity contribution >= 4 is 6.21 Å². The van der Waals surface area contributed by atoms with Gasteiger partial charge in [-0.1, -0.05) is 59.2 Å². The number of aromatic nitrogens is 1. The van der Waals surface area contributed by atoms with Crippen molar-refractivity contribution in [1.82, 2.24) is 4.98 Å². The van der Waals surface area contributed by atoms with Gasteiger partial charge in [-0.2, -0.15) is 0 Å². The van der Waals surface area contributed by atoms with E-state index in [0.29, 0.717) is 0 Å². The lowest BCUT2D eigenvalue weighted by atomic mass is 9.92. The van der Waals surface area contributed by atoms with Gasteiger partial charge in [-0.05, 0) is 56.5 Å². The second-order valence-electron chi connectivity index (χ2n) is 6.72. The van der Waals surface area contributed by atoms with Crippen molar-refractivity contribution in [2.24, 2.45) is 4.99 Å². The molecular formula is C23H24N2. The van der Waals surface area contributed by atoms with Crippen LogP contribution in [0, 0.1) is 27.7 Å². The summed E-state index contributed by atoms with van der Waals surface area (Å²) in [4.78, 5) is 9.28. The molecule has 0 saturated carbocycles. The zero-order chi connectivity index (χ0) is 17.8. The summed E-state index contributed by atoms with van der Waals surface area (Å²) >= 11 is 0. The van der Waals surface area contributed by atoms with Crippen LogP contribution in [0.15, 0.2) is 65.8 Å². The molecule has 1 aromatic heterocycles. The molecule has 126 valence electrons. The molecule has 1 atom stereocenters. The highest BCUT2D eigenvalue weighted by Crippen LogP contribution is 2.30. The molecule has 0 aliphatic heterocycles. The summed E-state index contributed by atoms with van der Waals surface area (Å²) in [6.07, 6.45) is 3.67. The Bertz CT molecular complexity index is 875. The molecule has 0 spiro atoms. The van der Waals surface area contributed by atoms with E-state index in [2.05, 4.69) is 69.1 Å². The lowest BCUT2D eigenvalue weighted by Gasteiger charge is -2.18. The highest BCUT2D eigenvalue weighted by molar-refractivity contribution is 5.77. The van der Waals surface area contributed by atoms with Gasteiger partial charge in [-0.15, -0.1) is 0 Å². The fourth-order valence-corrected chi connectivity index (χ4v) is 3.25. The summed E-state index contributed by atoms with van der Waals surface area (Å²) in [5.74, 6) is 0. The molecule has 1 unspecified atom stereocenters. The zero-order valence-corrected chi connectivity index (χ0v) is 15.3. The fourth-order valence-electron chi connectivity index (χ4n) is 3.25. The van der Waals surface area contributed by atoms with Crippen molar-refractivity contribution in [3.05, 3.63) is 99.9 Å². The number of benzene rings is 2. The van der Waals surface area contributed by atoms with Crippen LogP contribution < -0.4 is 0 Å². The number of hydrogen-bond acceptors (Lipinski definition) is 2. The van der Waals surface area contributed by atoms with Gasteiger partial charge in [0.2, 0.25) is 0 Å². The van der Waals surface area contributed by atoms with E-state index in [1.165, 1.54) is 33.4 Å². The Hall–Kier alpha value is -2.74. The smallest absolute Gasteiger partial charge is 0.100 e. The molecule has 0 fully saturated rings. The Labute approximate surface area is 150 Å². The number of aryl methyl sites for hydroxylation is 4. The van der Waals surface area contributed by atoms with Gasteiger partial charge in [0, 0.05) is 12.4 Å². The van der Waals surface area contributed by atoms with Gasteiger partial charge < -0.3 is 0 Å². The molecule has 0 aliphatic rings. The van der Waals surface area contributed by atoms with E-state index < -0.39 is 0 Å². The second-order valence-corrected chi connectivity index (χ2v) is 6.72. The number of hydrogen-bond donors (Lipinski definition) is 0. The van der Waals surface area contributed by atoms with E-state index >= 15 is 0 Å². The van der Waals surface area contributed by atoms with E-state index in [9.17, 15) is 0 Å². The number of rotatable bonds is 4.